The molecule has 1 aromatic carbocycles. The number of hydrogen-bond donors (Lipinski definition) is 0. The summed E-state index contributed by atoms with van der Waals surface area (Å²) in [5, 5.41) is 0. The van der Waals surface area contributed by atoms with Crippen LogP contribution in [-0.4, -0.2) is 5.92 Å². The second kappa shape index (κ2) is 3.79. The molecule has 0 unspecified atom stereocenters. The highest BCUT2D eigenvalue weighted by Crippen LogP contribution is 2.51. The first-order valence-electron chi connectivity index (χ1n) is 5.60. The Morgan fingerprint density at radius 1 is 1.19 bits per heavy atom. The second-order valence-corrected chi connectivity index (χ2v) is 4.69. The Bertz CT molecular complexity index is 373. The molecule has 0 saturated heterocycles. The Kier molecular flexibility index (Phi) is 2.72. The fourth-order valence-electron chi connectivity index (χ4n) is 2.75. The summed E-state index contributed by atoms with van der Waals surface area (Å²) in [6.45, 7) is 0.948. The van der Waals surface area contributed by atoms with Gasteiger partial charge in [0.1, 0.15) is 5.82 Å². The van der Waals surface area contributed by atoms with Crippen LogP contribution < -0.4 is 0 Å². The smallest absolute Gasteiger partial charge is 0.207 e. The van der Waals surface area contributed by atoms with Gasteiger partial charge < -0.3 is 0 Å². The molecule has 0 spiro atoms. The van der Waals surface area contributed by atoms with Gasteiger partial charge >= 0.3 is 0 Å². The normalized spacial score (nSPS) is 20.0. The molecule has 16 heavy (non-hydrogen) atoms. The van der Waals surface area contributed by atoms with Crippen molar-refractivity contribution in [2.45, 2.75) is 43.9 Å². The number of benzene rings is 1. The van der Waals surface area contributed by atoms with Crippen molar-refractivity contribution in [3.05, 3.63) is 35.6 Å². The maximum absolute atomic E-state index is 13.8. The summed E-state index contributed by atoms with van der Waals surface area (Å²) in [5.74, 6) is -3.23. The van der Waals surface area contributed by atoms with Gasteiger partial charge in [0.25, 0.3) is 5.92 Å². The summed E-state index contributed by atoms with van der Waals surface area (Å²) < 4.78 is 40.7. The van der Waals surface area contributed by atoms with Gasteiger partial charge in [0.05, 0.1) is 5.41 Å². The molecule has 1 aromatic rings. The highest BCUT2D eigenvalue weighted by atomic mass is 19.3. The first-order chi connectivity index (χ1) is 7.46. The lowest BCUT2D eigenvalue weighted by Gasteiger charge is -2.35. The summed E-state index contributed by atoms with van der Waals surface area (Å²) in [4.78, 5) is 0. The van der Waals surface area contributed by atoms with Crippen LogP contribution in [0.2, 0.25) is 0 Å². The fourth-order valence-corrected chi connectivity index (χ4v) is 2.75. The molecule has 2 rings (SSSR count). The molecule has 0 heterocycles. The Hall–Kier alpha value is -0.990. The van der Waals surface area contributed by atoms with Crippen molar-refractivity contribution in [2.24, 2.45) is 0 Å². The maximum Gasteiger partial charge on any atom is 0.254 e. The zero-order valence-corrected chi connectivity index (χ0v) is 9.27. The molecule has 0 bridgehead atoms. The molecule has 3 heteroatoms. The third kappa shape index (κ3) is 1.72. The molecule has 0 aromatic heterocycles. The summed E-state index contributed by atoms with van der Waals surface area (Å²) in [5.41, 5.74) is -0.716. The number of halogens is 3. The molecule has 0 radical (unpaired) electrons. The largest absolute Gasteiger partial charge is 0.254 e. The monoisotopic (exact) mass is 228 g/mol. The molecular formula is C13H15F3. The average molecular weight is 228 g/mol. The molecule has 1 aliphatic rings. The van der Waals surface area contributed by atoms with Gasteiger partial charge in [-0.05, 0) is 30.5 Å². The standard InChI is InChI=1S/C13H15F3/c1-12(15,16)13(7-2-3-8-13)10-5-4-6-11(14)9-10/h4-6,9H,2-3,7-8H2,1H3. The highest BCUT2D eigenvalue weighted by Gasteiger charge is 2.52. The van der Waals surface area contributed by atoms with Crippen molar-refractivity contribution < 1.29 is 13.2 Å². The SMILES string of the molecule is CC(F)(F)C1(c2cccc(F)c2)CCCC1. The van der Waals surface area contributed by atoms with Gasteiger partial charge in [-0.15, -0.1) is 0 Å². The van der Waals surface area contributed by atoms with E-state index in [1.807, 2.05) is 0 Å². The van der Waals surface area contributed by atoms with E-state index < -0.39 is 17.2 Å². The molecule has 1 saturated carbocycles. The van der Waals surface area contributed by atoms with Gasteiger partial charge in [-0.3, -0.25) is 0 Å². The lowest BCUT2D eigenvalue weighted by Crippen LogP contribution is -2.40. The van der Waals surface area contributed by atoms with Crippen LogP contribution in [-0.2, 0) is 5.41 Å². The lowest BCUT2D eigenvalue weighted by atomic mass is 9.74. The van der Waals surface area contributed by atoms with Crippen LogP contribution in [0.5, 0.6) is 0 Å². The van der Waals surface area contributed by atoms with Crippen molar-refractivity contribution in [1.82, 2.24) is 0 Å². The Morgan fingerprint density at radius 3 is 2.31 bits per heavy atom. The van der Waals surface area contributed by atoms with Crippen LogP contribution >= 0.6 is 0 Å². The third-order valence-corrected chi connectivity index (χ3v) is 3.67. The number of alkyl halides is 2. The summed E-state index contributed by atoms with van der Waals surface area (Å²) >= 11 is 0. The van der Waals surface area contributed by atoms with E-state index >= 15 is 0 Å². The van der Waals surface area contributed by atoms with Crippen molar-refractivity contribution in [2.75, 3.05) is 0 Å². The van der Waals surface area contributed by atoms with Crippen molar-refractivity contribution in [3.63, 3.8) is 0 Å². The van der Waals surface area contributed by atoms with Crippen LogP contribution in [0.25, 0.3) is 0 Å². The molecular weight excluding hydrogens is 213 g/mol. The molecule has 0 aliphatic heterocycles. The molecule has 0 amide bonds. The molecule has 88 valence electrons. The zero-order chi connectivity index (χ0) is 11.8. The van der Waals surface area contributed by atoms with Crippen LogP contribution in [0.1, 0.15) is 38.2 Å². The Labute approximate surface area is 93.5 Å². The Balaban J connectivity index is 2.48. The van der Waals surface area contributed by atoms with Gasteiger partial charge in [-0.2, -0.15) is 0 Å². The fraction of sp³-hybridized carbons (Fsp3) is 0.538. The van der Waals surface area contributed by atoms with Crippen molar-refractivity contribution in [1.29, 1.82) is 0 Å². The van der Waals surface area contributed by atoms with E-state index in [9.17, 15) is 13.2 Å². The van der Waals surface area contributed by atoms with Gasteiger partial charge in [-0.1, -0.05) is 25.0 Å². The highest BCUT2D eigenvalue weighted by molar-refractivity contribution is 5.30. The van der Waals surface area contributed by atoms with Gasteiger partial charge in [-0.25, -0.2) is 13.2 Å². The topological polar surface area (TPSA) is 0 Å². The summed E-state index contributed by atoms with van der Waals surface area (Å²) in [6, 6.07) is 5.67. The number of hydrogen-bond acceptors (Lipinski definition) is 0. The number of rotatable bonds is 2. The van der Waals surface area contributed by atoms with E-state index in [2.05, 4.69) is 0 Å². The van der Waals surface area contributed by atoms with Gasteiger partial charge in [0, 0.05) is 6.92 Å². The van der Waals surface area contributed by atoms with Gasteiger partial charge in [0.15, 0.2) is 0 Å². The van der Waals surface area contributed by atoms with E-state index in [0.29, 0.717) is 18.4 Å². The van der Waals surface area contributed by atoms with Crippen molar-refractivity contribution in [3.8, 4) is 0 Å². The first kappa shape index (κ1) is 11.5. The molecule has 0 nitrogen and oxygen atoms in total. The molecule has 1 fully saturated rings. The van der Waals surface area contributed by atoms with E-state index in [1.54, 1.807) is 6.07 Å². The Morgan fingerprint density at radius 2 is 1.81 bits per heavy atom. The van der Waals surface area contributed by atoms with E-state index in [0.717, 1.165) is 19.8 Å². The van der Waals surface area contributed by atoms with E-state index in [4.69, 9.17) is 0 Å². The van der Waals surface area contributed by atoms with Crippen molar-refractivity contribution >= 4 is 0 Å². The van der Waals surface area contributed by atoms with E-state index in [1.165, 1.54) is 18.2 Å². The molecule has 0 atom stereocenters. The second-order valence-electron chi connectivity index (χ2n) is 4.69. The third-order valence-electron chi connectivity index (χ3n) is 3.67. The zero-order valence-electron chi connectivity index (χ0n) is 9.27. The lowest BCUT2D eigenvalue weighted by molar-refractivity contribution is -0.0600. The van der Waals surface area contributed by atoms with E-state index in [-0.39, 0.29) is 0 Å². The minimum absolute atomic E-state index is 0.437. The van der Waals surface area contributed by atoms with Crippen LogP contribution in [0.3, 0.4) is 0 Å². The quantitative estimate of drug-likeness (QED) is 0.708. The minimum Gasteiger partial charge on any atom is -0.207 e. The van der Waals surface area contributed by atoms with Crippen LogP contribution in [0.15, 0.2) is 24.3 Å². The maximum atomic E-state index is 13.8. The predicted octanol–water partition coefficient (Wildman–Crippen LogP) is 4.29. The van der Waals surface area contributed by atoms with Gasteiger partial charge in [0.2, 0.25) is 0 Å². The minimum atomic E-state index is -2.79. The van der Waals surface area contributed by atoms with Crippen LogP contribution in [0.4, 0.5) is 13.2 Å². The summed E-state index contributed by atoms with van der Waals surface area (Å²) in [6.07, 6.45) is 2.47. The average Bonchev–Trinajstić information content (AvgIpc) is 2.66. The molecule has 0 N–H and O–H groups in total. The predicted molar refractivity (Wildman–Crippen MR) is 57.2 cm³/mol. The molecule has 1 aliphatic carbocycles. The first-order valence-corrected chi connectivity index (χ1v) is 5.60. The van der Waals surface area contributed by atoms with Crippen LogP contribution in [0, 0.1) is 5.82 Å². The summed E-state index contributed by atoms with van der Waals surface area (Å²) in [7, 11) is 0.